The number of hydrogen-bond donors (Lipinski definition) is 1. The van der Waals surface area contributed by atoms with Gasteiger partial charge in [-0.05, 0) is 18.1 Å². The number of anilines is 1. The molecular formula is C13H20FNO. The van der Waals surface area contributed by atoms with Crippen LogP contribution in [0.5, 0.6) is 5.75 Å². The van der Waals surface area contributed by atoms with Crippen LogP contribution in [0.15, 0.2) is 18.2 Å². The minimum atomic E-state index is -0.273. The first kappa shape index (κ1) is 12.8. The highest BCUT2D eigenvalue weighted by Crippen LogP contribution is 2.25. The molecule has 0 aliphatic carbocycles. The predicted octanol–water partition coefficient (Wildman–Crippen LogP) is 3.68. The number of rotatable bonds is 6. The lowest BCUT2D eigenvalue weighted by Gasteiger charge is -2.16. The molecule has 2 nitrogen and oxygen atoms in total. The summed E-state index contributed by atoms with van der Waals surface area (Å²) in [6.45, 7) is 5.25. The molecule has 0 spiro atoms. The van der Waals surface area contributed by atoms with Gasteiger partial charge in [0, 0.05) is 12.6 Å². The fraction of sp³-hybridized carbons (Fsp3) is 0.538. The molecule has 0 radical (unpaired) electrons. The lowest BCUT2D eigenvalue weighted by Crippen LogP contribution is -2.13. The molecule has 0 unspecified atom stereocenters. The second-order valence-electron chi connectivity index (χ2n) is 3.91. The van der Waals surface area contributed by atoms with Crippen LogP contribution in [-0.2, 0) is 0 Å². The van der Waals surface area contributed by atoms with Crippen molar-refractivity contribution < 1.29 is 9.13 Å². The molecule has 1 aromatic rings. The first-order chi connectivity index (χ1) is 7.71. The van der Waals surface area contributed by atoms with Gasteiger partial charge in [0.15, 0.2) is 0 Å². The van der Waals surface area contributed by atoms with Gasteiger partial charge < -0.3 is 10.1 Å². The van der Waals surface area contributed by atoms with E-state index >= 15 is 0 Å². The van der Waals surface area contributed by atoms with Gasteiger partial charge in [0.2, 0.25) is 0 Å². The zero-order valence-electron chi connectivity index (χ0n) is 10.2. The molecule has 0 aliphatic rings. The summed E-state index contributed by atoms with van der Waals surface area (Å²) < 4.78 is 18.1. The van der Waals surface area contributed by atoms with Crippen LogP contribution >= 0.6 is 0 Å². The van der Waals surface area contributed by atoms with Gasteiger partial charge in [-0.25, -0.2) is 4.39 Å². The molecule has 16 heavy (non-hydrogen) atoms. The van der Waals surface area contributed by atoms with Gasteiger partial charge in [0.1, 0.15) is 11.6 Å². The van der Waals surface area contributed by atoms with Crippen LogP contribution in [0.25, 0.3) is 0 Å². The average Bonchev–Trinajstić information content (AvgIpc) is 2.31. The highest BCUT2D eigenvalue weighted by Gasteiger charge is 2.07. The summed E-state index contributed by atoms with van der Waals surface area (Å²) in [7, 11) is 1.55. The molecule has 0 heterocycles. The van der Waals surface area contributed by atoms with Gasteiger partial charge in [-0.3, -0.25) is 0 Å². The summed E-state index contributed by atoms with van der Waals surface area (Å²) in [5.74, 6) is 0.936. The summed E-state index contributed by atoms with van der Waals surface area (Å²) in [5, 5.41) is 3.30. The van der Waals surface area contributed by atoms with Crippen molar-refractivity contribution in [2.75, 3.05) is 19.0 Å². The average molecular weight is 225 g/mol. The van der Waals surface area contributed by atoms with E-state index in [1.807, 2.05) is 0 Å². The molecule has 90 valence electrons. The Kier molecular flexibility index (Phi) is 5.09. The maximum absolute atomic E-state index is 13.0. The smallest absolute Gasteiger partial charge is 0.144 e. The van der Waals surface area contributed by atoms with E-state index in [4.69, 9.17) is 4.74 Å². The maximum Gasteiger partial charge on any atom is 0.144 e. The highest BCUT2D eigenvalue weighted by molar-refractivity contribution is 5.56. The van der Waals surface area contributed by atoms with Gasteiger partial charge in [0.25, 0.3) is 0 Å². The van der Waals surface area contributed by atoms with Gasteiger partial charge in [-0.15, -0.1) is 0 Å². The summed E-state index contributed by atoms with van der Waals surface area (Å²) in [4.78, 5) is 0. The third-order valence-electron chi connectivity index (χ3n) is 2.90. The molecule has 1 aromatic carbocycles. The van der Waals surface area contributed by atoms with E-state index < -0.39 is 0 Å². The quantitative estimate of drug-likeness (QED) is 0.797. The third kappa shape index (κ3) is 3.40. The fourth-order valence-electron chi connectivity index (χ4n) is 1.64. The van der Waals surface area contributed by atoms with Crippen molar-refractivity contribution in [1.29, 1.82) is 0 Å². The Bertz CT molecular complexity index is 324. The Morgan fingerprint density at radius 1 is 1.31 bits per heavy atom. The molecule has 3 heteroatoms. The monoisotopic (exact) mass is 225 g/mol. The molecule has 0 atom stereocenters. The van der Waals surface area contributed by atoms with E-state index in [2.05, 4.69) is 19.2 Å². The Morgan fingerprint density at radius 2 is 2.00 bits per heavy atom. The van der Waals surface area contributed by atoms with Crippen LogP contribution < -0.4 is 10.1 Å². The number of methoxy groups -OCH3 is 1. The molecular weight excluding hydrogens is 205 g/mol. The SMILES string of the molecule is CCC(CC)CNc1ccc(F)cc1OC. The van der Waals surface area contributed by atoms with E-state index in [1.54, 1.807) is 13.2 Å². The third-order valence-corrected chi connectivity index (χ3v) is 2.90. The van der Waals surface area contributed by atoms with Gasteiger partial charge in [0.05, 0.1) is 12.8 Å². The lowest BCUT2D eigenvalue weighted by molar-refractivity contribution is 0.412. The van der Waals surface area contributed by atoms with Crippen molar-refractivity contribution in [3.8, 4) is 5.75 Å². The normalized spacial score (nSPS) is 10.6. The summed E-state index contributed by atoms with van der Waals surface area (Å²) in [5.41, 5.74) is 0.857. The number of hydrogen-bond acceptors (Lipinski definition) is 2. The Balaban J connectivity index is 2.65. The molecule has 0 bridgehead atoms. The van der Waals surface area contributed by atoms with Crippen LogP contribution in [0, 0.1) is 11.7 Å². The lowest BCUT2D eigenvalue weighted by atomic mass is 10.0. The highest BCUT2D eigenvalue weighted by atomic mass is 19.1. The molecule has 1 N–H and O–H groups in total. The number of nitrogens with one attached hydrogen (secondary N) is 1. The van der Waals surface area contributed by atoms with E-state index in [0.29, 0.717) is 11.7 Å². The zero-order chi connectivity index (χ0) is 12.0. The first-order valence-electron chi connectivity index (χ1n) is 5.78. The van der Waals surface area contributed by atoms with Gasteiger partial charge in [-0.1, -0.05) is 26.7 Å². The van der Waals surface area contributed by atoms with E-state index in [1.165, 1.54) is 12.1 Å². The molecule has 0 fully saturated rings. The number of halogens is 1. The standard InChI is InChI=1S/C13H20FNO/c1-4-10(5-2)9-15-12-7-6-11(14)8-13(12)16-3/h6-8,10,15H,4-5,9H2,1-3H3. The van der Waals surface area contributed by atoms with Crippen LogP contribution in [0.1, 0.15) is 26.7 Å². The Morgan fingerprint density at radius 3 is 2.56 bits per heavy atom. The molecule has 0 saturated carbocycles. The largest absolute Gasteiger partial charge is 0.494 e. The summed E-state index contributed by atoms with van der Waals surface area (Å²) in [6, 6.07) is 4.56. The Hall–Kier alpha value is -1.25. The van der Waals surface area contributed by atoms with Gasteiger partial charge >= 0.3 is 0 Å². The second kappa shape index (κ2) is 6.36. The second-order valence-corrected chi connectivity index (χ2v) is 3.91. The topological polar surface area (TPSA) is 21.3 Å². The minimum absolute atomic E-state index is 0.273. The van der Waals surface area contributed by atoms with E-state index in [-0.39, 0.29) is 5.82 Å². The minimum Gasteiger partial charge on any atom is -0.494 e. The van der Waals surface area contributed by atoms with Crippen molar-refractivity contribution in [3.63, 3.8) is 0 Å². The van der Waals surface area contributed by atoms with E-state index in [9.17, 15) is 4.39 Å². The van der Waals surface area contributed by atoms with Crippen molar-refractivity contribution in [2.24, 2.45) is 5.92 Å². The zero-order valence-corrected chi connectivity index (χ0v) is 10.2. The molecule has 1 rings (SSSR count). The molecule has 0 aromatic heterocycles. The number of ether oxygens (including phenoxy) is 1. The first-order valence-corrected chi connectivity index (χ1v) is 5.78. The van der Waals surface area contributed by atoms with Crippen molar-refractivity contribution in [2.45, 2.75) is 26.7 Å². The van der Waals surface area contributed by atoms with Crippen molar-refractivity contribution in [1.82, 2.24) is 0 Å². The predicted molar refractivity (Wildman–Crippen MR) is 65.5 cm³/mol. The van der Waals surface area contributed by atoms with Crippen molar-refractivity contribution in [3.05, 3.63) is 24.0 Å². The van der Waals surface area contributed by atoms with Crippen LogP contribution in [0.3, 0.4) is 0 Å². The van der Waals surface area contributed by atoms with Crippen molar-refractivity contribution >= 4 is 5.69 Å². The maximum atomic E-state index is 13.0. The van der Waals surface area contributed by atoms with Crippen LogP contribution in [0.2, 0.25) is 0 Å². The van der Waals surface area contributed by atoms with Crippen LogP contribution in [-0.4, -0.2) is 13.7 Å². The summed E-state index contributed by atoms with van der Waals surface area (Å²) >= 11 is 0. The fourth-order valence-corrected chi connectivity index (χ4v) is 1.64. The number of benzene rings is 1. The van der Waals surface area contributed by atoms with Crippen LogP contribution in [0.4, 0.5) is 10.1 Å². The van der Waals surface area contributed by atoms with E-state index in [0.717, 1.165) is 25.1 Å². The van der Waals surface area contributed by atoms with Gasteiger partial charge in [-0.2, -0.15) is 0 Å². The Labute approximate surface area is 96.8 Å². The molecule has 0 saturated heterocycles. The molecule has 0 aliphatic heterocycles. The summed E-state index contributed by atoms with van der Waals surface area (Å²) in [6.07, 6.45) is 2.29. The molecule has 0 amide bonds.